The van der Waals surface area contributed by atoms with Gasteiger partial charge in [0, 0.05) is 12.8 Å². The van der Waals surface area contributed by atoms with E-state index < -0.39 is 0 Å². The summed E-state index contributed by atoms with van der Waals surface area (Å²) < 4.78 is 17.3. The summed E-state index contributed by atoms with van der Waals surface area (Å²) in [5, 5.41) is 0. The molecule has 18 heavy (non-hydrogen) atoms. The number of ether oxygens (including phenoxy) is 2. The minimum Gasteiger partial charge on any atom is -0.465 e. The van der Waals surface area contributed by atoms with Crippen molar-refractivity contribution >= 4 is 0 Å². The number of rotatable bonds is 3. The largest absolute Gasteiger partial charge is 0.465 e. The second kappa shape index (κ2) is 5.03. The van der Waals surface area contributed by atoms with E-state index in [4.69, 9.17) is 13.9 Å². The van der Waals surface area contributed by atoms with E-state index in [1.165, 1.54) is 0 Å². The van der Waals surface area contributed by atoms with Crippen LogP contribution in [0, 0.1) is 0 Å². The van der Waals surface area contributed by atoms with Crippen LogP contribution >= 0.6 is 0 Å². The monoisotopic (exact) mass is 251 g/mol. The van der Waals surface area contributed by atoms with Crippen molar-refractivity contribution in [3.05, 3.63) is 23.7 Å². The molecule has 3 heterocycles. The summed E-state index contributed by atoms with van der Waals surface area (Å²) in [7, 11) is 0. The van der Waals surface area contributed by atoms with Crippen molar-refractivity contribution < 1.29 is 13.9 Å². The van der Waals surface area contributed by atoms with Gasteiger partial charge >= 0.3 is 0 Å². The van der Waals surface area contributed by atoms with Crippen LogP contribution in [-0.4, -0.2) is 37.0 Å². The van der Waals surface area contributed by atoms with Gasteiger partial charge in [0.15, 0.2) is 5.79 Å². The Kier molecular flexibility index (Phi) is 3.41. The Balaban J connectivity index is 1.62. The molecule has 0 aliphatic carbocycles. The summed E-state index contributed by atoms with van der Waals surface area (Å²) in [5.41, 5.74) is 0. The maximum Gasteiger partial charge on any atom is 0.181 e. The predicted molar refractivity (Wildman–Crippen MR) is 67.2 cm³/mol. The first kappa shape index (κ1) is 12.2. The van der Waals surface area contributed by atoms with Crippen LogP contribution in [0.15, 0.2) is 16.5 Å². The van der Waals surface area contributed by atoms with Gasteiger partial charge in [-0.1, -0.05) is 6.92 Å². The average Bonchev–Trinajstić information content (AvgIpc) is 2.99. The zero-order valence-electron chi connectivity index (χ0n) is 11.0. The molecule has 2 aliphatic rings. The number of hydrogen-bond donors (Lipinski definition) is 0. The van der Waals surface area contributed by atoms with Crippen LogP contribution in [0.1, 0.15) is 31.3 Å². The number of aryl methyl sites for hydroxylation is 1. The topological polar surface area (TPSA) is 34.8 Å². The van der Waals surface area contributed by atoms with Gasteiger partial charge in [0.1, 0.15) is 11.5 Å². The second-order valence-corrected chi connectivity index (χ2v) is 5.14. The molecule has 3 rings (SSSR count). The fourth-order valence-corrected chi connectivity index (χ4v) is 2.86. The molecule has 1 aromatic heterocycles. The van der Waals surface area contributed by atoms with Crippen molar-refractivity contribution in [3.8, 4) is 0 Å². The molecule has 0 N–H and O–H groups in total. The van der Waals surface area contributed by atoms with E-state index in [1.54, 1.807) is 0 Å². The first-order chi connectivity index (χ1) is 8.80. The van der Waals surface area contributed by atoms with E-state index in [9.17, 15) is 0 Å². The van der Waals surface area contributed by atoms with Crippen molar-refractivity contribution in [2.75, 3.05) is 26.3 Å². The van der Waals surface area contributed by atoms with Crippen molar-refractivity contribution in [1.29, 1.82) is 0 Å². The molecule has 2 aliphatic heterocycles. The Hall–Kier alpha value is -0.840. The summed E-state index contributed by atoms with van der Waals surface area (Å²) in [6.07, 6.45) is 3.10. The molecule has 2 fully saturated rings. The Morgan fingerprint density at radius 3 is 2.72 bits per heavy atom. The van der Waals surface area contributed by atoms with Crippen LogP contribution in [0.4, 0.5) is 0 Å². The standard InChI is InChI=1S/C14H21NO3/c1-2-12-4-5-13(18-12)10-15-7-3-6-14(11-15)16-8-9-17-14/h4-5H,2-3,6-11H2,1H3. The summed E-state index contributed by atoms with van der Waals surface area (Å²) in [5.74, 6) is 1.77. The van der Waals surface area contributed by atoms with Crippen molar-refractivity contribution in [3.63, 3.8) is 0 Å². The summed E-state index contributed by atoms with van der Waals surface area (Å²) in [6.45, 7) is 6.38. The van der Waals surface area contributed by atoms with Gasteiger partial charge in [-0.05, 0) is 25.1 Å². The van der Waals surface area contributed by atoms with Gasteiger partial charge in [-0.3, -0.25) is 4.90 Å². The third-order valence-electron chi connectivity index (χ3n) is 3.76. The van der Waals surface area contributed by atoms with Crippen LogP contribution in [0.2, 0.25) is 0 Å². The van der Waals surface area contributed by atoms with Crippen LogP contribution < -0.4 is 0 Å². The van der Waals surface area contributed by atoms with Gasteiger partial charge in [-0.15, -0.1) is 0 Å². The zero-order chi connectivity index (χ0) is 12.4. The van der Waals surface area contributed by atoms with E-state index in [-0.39, 0.29) is 5.79 Å². The number of hydrogen-bond acceptors (Lipinski definition) is 4. The highest BCUT2D eigenvalue weighted by molar-refractivity contribution is 5.07. The normalized spacial score (nSPS) is 23.8. The van der Waals surface area contributed by atoms with Crippen LogP contribution in [-0.2, 0) is 22.4 Å². The first-order valence-corrected chi connectivity index (χ1v) is 6.87. The van der Waals surface area contributed by atoms with Crippen molar-refractivity contribution in [2.45, 2.75) is 38.5 Å². The number of piperidine rings is 1. The summed E-state index contributed by atoms with van der Waals surface area (Å²) >= 11 is 0. The molecule has 100 valence electrons. The predicted octanol–water partition coefficient (Wildman–Crippen LogP) is 2.18. The molecule has 0 amide bonds. The lowest BCUT2D eigenvalue weighted by atomic mass is 10.0. The van der Waals surface area contributed by atoms with E-state index in [0.29, 0.717) is 0 Å². The molecule has 2 saturated heterocycles. The first-order valence-electron chi connectivity index (χ1n) is 6.87. The van der Waals surface area contributed by atoms with Gasteiger partial charge in [0.05, 0.1) is 26.3 Å². The Labute approximate surface area is 108 Å². The van der Waals surface area contributed by atoms with Crippen LogP contribution in [0.3, 0.4) is 0 Å². The third-order valence-corrected chi connectivity index (χ3v) is 3.76. The molecule has 0 saturated carbocycles. The number of nitrogens with zero attached hydrogens (tertiary/aromatic N) is 1. The van der Waals surface area contributed by atoms with Gasteiger partial charge in [-0.2, -0.15) is 0 Å². The molecule has 0 atom stereocenters. The smallest absolute Gasteiger partial charge is 0.181 e. The summed E-state index contributed by atoms with van der Waals surface area (Å²) in [6, 6.07) is 4.15. The van der Waals surface area contributed by atoms with Crippen molar-refractivity contribution in [1.82, 2.24) is 4.90 Å². The molecule has 4 heteroatoms. The Morgan fingerprint density at radius 1 is 1.22 bits per heavy atom. The molecule has 0 radical (unpaired) electrons. The van der Waals surface area contributed by atoms with E-state index >= 15 is 0 Å². The molecular formula is C14H21NO3. The van der Waals surface area contributed by atoms with Gasteiger partial charge in [0.2, 0.25) is 0 Å². The molecule has 1 aromatic rings. The van der Waals surface area contributed by atoms with E-state index in [1.807, 2.05) is 0 Å². The average molecular weight is 251 g/mol. The number of likely N-dealkylation sites (tertiary alicyclic amines) is 1. The van der Waals surface area contributed by atoms with Crippen LogP contribution in [0.25, 0.3) is 0 Å². The SMILES string of the molecule is CCc1ccc(CN2CCCC3(C2)OCCO3)o1. The second-order valence-electron chi connectivity index (χ2n) is 5.14. The molecule has 0 aromatic carbocycles. The van der Waals surface area contributed by atoms with Crippen LogP contribution in [0.5, 0.6) is 0 Å². The van der Waals surface area contributed by atoms with Crippen molar-refractivity contribution in [2.24, 2.45) is 0 Å². The minimum atomic E-state index is -0.335. The molecular weight excluding hydrogens is 230 g/mol. The fraction of sp³-hybridized carbons (Fsp3) is 0.714. The highest BCUT2D eigenvalue weighted by atomic mass is 16.7. The quantitative estimate of drug-likeness (QED) is 0.824. The zero-order valence-corrected chi connectivity index (χ0v) is 11.0. The van der Waals surface area contributed by atoms with Gasteiger partial charge < -0.3 is 13.9 Å². The number of furan rings is 1. The fourth-order valence-electron chi connectivity index (χ4n) is 2.86. The highest BCUT2D eigenvalue weighted by Crippen LogP contribution is 2.30. The lowest BCUT2D eigenvalue weighted by Gasteiger charge is -2.38. The molecule has 1 spiro atoms. The maximum absolute atomic E-state index is 5.78. The highest BCUT2D eigenvalue weighted by Gasteiger charge is 2.40. The van der Waals surface area contributed by atoms with E-state index in [0.717, 1.165) is 63.6 Å². The minimum absolute atomic E-state index is 0.335. The van der Waals surface area contributed by atoms with Gasteiger partial charge in [-0.25, -0.2) is 0 Å². The maximum atomic E-state index is 5.78. The molecule has 4 nitrogen and oxygen atoms in total. The molecule has 0 unspecified atom stereocenters. The lowest BCUT2D eigenvalue weighted by Crippen LogP contribution is -2.48. The Bertz CT molecular complexity index is 395. The van der Waals surface area contributed by atoms with Gasteiger partial charge in [0.25, 0.3) is 0 Å². The lowest BCUT2D eigenvalue weighted by molar-refractivity contribution is -0.190. The van der Waals surface area contributed by atoms with E-state index in [2.05, 4.69) is 24.0 Å². The Morgan fingerprint density at radius 2 is 2.00 bits per heavy atom. The summed E-state index contributed by atoms with van der Waals surface area (Å²) in [4.78, 5) is 2.37. The molecule has 0 bridgehead atoms. The third kappa shape index (κ3) is 2.46.